The molecule has 13 heavy (non-hydrogen) atoms. The molecule has 78 valence electrons. The number of hydrogen-bond donors (Lipinski definition) is 3. The molecule has 0 amide bonds. The van der Waals surface area contributed by atoms with Crippen LogP contribution in [0, 0.1) is 16.7 Å². The Morgan fingerprint density at radius 1 is 1.46 bits per heavy atom. The number of hydrogen-bond acceptors (Lipinski definition) is 3. The average molecular weight is 185 g/mol. The van der Waals surface area contributed by atoms with E-state index in [1.807, 2.05) is 34.6 Å². The Bertz CT molecular complexity index is 169. The zero-order chi connectivity index (χ0) is 10.6. The van der Waals surface area contributed by atoms with E-state index in [1.165, 1.54) is 0 Å². The van der Waals surface area contributed by atoms with Gasteiger partial charge in [-0.2, -0.15) is 0 Å². The highest BCUT2D eigenvalue weighted by Gasteiger charge is 2.26. The smallest absolute Gasteiger partial charge is 0.0626 e. The van der Waals surface area contributed by atoms with Crippen molar-refractivity contribution < 1.29 is 0 Å². The van der Waals surface area contributed by atoms with Gasteiger partial charge in [-0.3, -0.25) is 0 Å². The average Bonchev–Trinajstić information content (AvgIpc) is 2.00. The van der Waals surface area contributed by atoms with Crippen molar-refractivity contribution in [1.82, 2.24) is 5.32 Å². The van der Waals surface area contributed by atoms with E-state index in [9.17, 15) is 0 Å². The molecule has 4 N–H and O–H groups in total. The molecule has 0 fully saturated rings. The summed E-state index contributed by atoms with van der Waals surface area (Å²) in [5.74, 6) is 0.0972. The van der Waals surface area contributed by atoms with E-state index >= 15 is 0 Å². The Balaban J connectivity index is 4.26. The van der Waals surface area contributed by atoms with Gasteiger partial charge in [0, 0.05) is 11.6 Å². The zero-order valence-electron chi connectivity index (χ0n) is 9.44. The van der Waals surface area contributed by atoms with Crippen LogP contribution in [0.25, 0.3) is 0 Å². The van der Waals surface area contributed by atoms with Gasteiger partial charge < -0.3 is 16.5 Å². The largest absolute Gasteiger partial charge is 0.315 e. The van der Waals surface area contributed by atoms with Crippen LogP contribution in [0.1, 0.15) is 34.6 Å². The second kappa shape index (κ2) is 4.72. The summed E-state index contributed by atoms with van der Waals surface area (Å²) in [5.41, 5.74) is 6.51. The molecule has 2 unspecified atom stereocenters. The summed E-state index contributed by atoms with van der Waals surface area (Å²) in [4.78, 5) is 0. The van der Waals surface area contributed by atoms with Gasteiger partial charge in [0.1, 0.15) is 0 Å². The minimum Gasteiger partial charge on any atom is -0.315 e. The quantitative estimate of drug-likeness (QED) is 0.460. The maximum absolute atomic E-state index is 7.94. The predicted molar refractivity (Wildman–Crippen MR) is 58.0 cm³/mol. The molecule has 3 heteroatoms. The Morgan fingerprint density at radius 2 is 1.92 bits per heavy atom. The van der Waals surface area contributed by atoms with E-state index in [4.69, 9.17) is 11.1 Å². The monoisotopic (exact) mass is 185 g/mol. The lowest BCUT2D eigenvalue weighted by molar-refractivity contribution is 0.435. The van der Waals surface area contributed by atoms with Gasteiger partial charge in [-0.25, -0.2) is 0 Å². The van der Waals surface area contributed by atoms with Gasteiger partial charge in [0.2, 0.25) is 0 Å². The van der Waals surface area contributed by atoms with Crippen molar-refractivity contribution in [3.05, 3.63) is 0 Å². The molecule has 0 aromatic rings. The van der Waals surface area contributed by atoms with Crippen LogP contribution in [0.5, 0.6) is 0 Å². The Morgan fingerprint density at radius 3 is 2.23 bits per heavy atom. The first-order valence-electron chi connectivity index (χ1n) is 4.88. The highest BCUT2D eigenvalue weighted by atomic mass is 15.0. The summed E-state index contributed by atoms with van der Waals surface area (Å²) in [7, 11) is 0. The molecule has 0 radical (unpaired) electrons. The normalized spacial score (nSPS) is 16.8. The van der Waals surface area contributed by atoms with Gasteiger partial charge in [-0.05, 0) is 12.0 Å². The van der Waals surface area contributed by atoms with Crippen molar-refractivity contribution in [3.63, 3.8) is 0 Å². The van der Waals surface area contributed by atoms with Crippen LogP contribution in [0.4, 0.5) is 0 Å². The standard InChI is InChI=1S/C10H23N3/c1-6-13-9(12)7(2)8(11)10(3,4)5/h7,9,11,13H,6,12H2,1-5H3. The number of nitrogens with two attached hydrogens (primary N) is 1. The lowest BCUT2D eigenvalue weighted by atomic mass is 9.82. The molecular weight excluding hydrogens is 162 g/mol. The second-order valence-electron chi connectivity index (χ2n) is 4.54. The maximum atomic E-state index is 7.94. The first-order valence-corrected chi connectivity index (χ1v) is 4.88. The first kappa shape index (κ1) is 12.6. The Labute approximate surface area is 81.6 Å². The molecule has 0 bridgehead atoms. The van der Waals surface area contributed by atoms with Crippen LogP contribution in [0.15, 0.2) is 0 Å². The van der Waals surface area contributed by atoms with Crippen LogP contribution < -0.4 is 11.1 Å². The lowest BCUT2D eigenvalue weighted by Gasteiger charge is -2.29. The van der Waals surface area contributed by atoms with Crippen molar-refractivity contribution in [2.75, 3.05) is 6.54 Å². The van der Waals surface area contributed by atoms with E-state index in [0.29, 0.717) is 5.71 Å². The third kappa shape index (κ3) is 3.87. The van der Waals surface area contributed by atoms with Crippen molar-refractivity contribution >= 4 is 5.71 Å². The number of rotatable bonds is 4. The van der Waals surface area contributed by atoms with Crippen LogP contribution in [0.2, 0.25) is 0 Å². The van der Waals surface area contributed by atoms with E-state index in [2.05, 4.69) is 5.32 Å². The summed E-state index contributed by atoms with van der Waals surface area (Å²) in [6, 6.07) is 0. The minimum atomic E-state index is -0.100. The summed E-state index contributed by atoms with van der Waals surface area (Å²) in [6.45, 7) is 11.0. The molecule has 3 nitrogen and oxygen atoms in total. The van der Waals surface area contributed by atoms with E-state index in [0.717, 1.165) is 6.54 Å². The van der Waals surface area contributed by atoms with Gasteiger partial charge >= 0.3 is 0 Å². The van der Waals surface area contributed by atoms with Gasteiger partial charge in [-0.1, -0.05) is 34.6 Å². The van der Waals surface area contributed by atoms with Gasteiger partial charge in [0.15, 0.2) is 0 Å². The molecule has 0 aliphatic rings. The first-order chi connectivity index (χ1) is 5.80. The van der Waals surface area contributed by atoms with Crippen LogP contribution >= 0.6 is 0 Å². The molecule has 0 aromatic heterocycles. The molecule has 0 aliphatic carbocycles. The Hall–Kier alpha value is -0.410. The number of nitrogens with one attached hydrogen (secondary N) is 2. The van der Waals surface area contributed by atoms with Crippen LogP contribution in [0.3, 0.4) is 0 Å². The summed E-state index contributed by atoms with van der Waals surface area (Å²) in [6.07, 6.45) is -0.100. The minimum absolute atomic E-state index is 0.0769. The molecular formula is C10H23N3. The topological polar surface area (TPSA) is 61.9 Å². The van der Waals surface area contributed by atoms with Crippen molar-refractivity contribution in [3.8, 4) is 0 Å². The molecule has 0 spiro atoms. The van der Waals surface area contributed by atoms with E-state index in [-0.39, 0.29) is 17.5 Å². The van der Waals surface area contributed by atoms with Crippen LogP contribution in [-0.4, -0.2) is 18.4 Å². The summed E-state index contributed by atoms with van der Waals surface area (Å²) < 4.78 is 0. The van der Waals surface area contributed by atoms with Crippen molar-refractivity contribution in [1.29, 1.82) is 5.41 Å². The molecule has 0 aromatic carbocycles. The van der Waals surface area contributed by atoms with Crippen LogP contribution in [-0.2, 0) is 0 Å². The Kier molecular flexibility index (Phi) is 4.57. The fraction of sp³-hybridized carbons (Fsp3) is 0.900. The highest BCUT2D eigenvalue weighted by molar-refractivity contribution is 5.88. The molecule has 0 saturated carbocycles. The molecule has 0 aliphatic heterocycles. The molecule has 0 rings (SSSR count). The molecule has 2 atom stereocenters. The predicted octanol–water partition coefficient (Wildman–Crippen LogP) is 1.58. The second-order valence-corrected chi connectivity index (χ2v) is 4.54. The third-order valence-corrected chi connectivity index (χ3v) is 2.24. The summed E-state index contributed by atoms with van der Waals surface area (Å²) in [5, 5.41) is 11.1. The summed E-state index contributed by atoms with van der Waals surface area (Å²) >= 11 is 0. The van der Waals surface area contributed by atoms with E-state index in [1.54, 1.807) is 0 Å². The fourth-order valence-corrected chi connectivity index (χ4v) is 1.28. The van der Waals surface area contributed by atoms with Gasteiger partial charge in [-0.15, -0.1) is 0 Å². The SMILES string of the molecule is CCNC(N)C(C)C(=N)C(C)(C)C. The fourth-order valence-electron chi connectivity index (χ4n) is 1.28. The van der Waals surface area contributed by atoms with Crippen molar-refractivity contribution in [2.24, 2.45) is 17.1 Å². The molecule has 0 heterocycles. The highest BCUT2D eigenvalue weighted by Crippen LogP contribution is 2.21. The third-order valence-electron chi connectivity index (χ3n) is 2.24. The van der Waals surface area contributed by atoms with Crippen molar-refractivity contribution in [2.45, 2.75) is 40.8 Å². The molecule has 0 saturated heterocycles. The maximum Gasteiger partial charge on any atom is 0.0626 e. The zero-order valence-corrected chi connectivity index (χ0v) is 9.44. The van der Waals surface area contributed by atoms with E-state index < -0.39 is 0 Å². The lowest BCUT2D eigenvalue weighted by Crippen LogP contribution is -2.47. The van der Waals surface area contributed by atoms with Gasteiger partial charge in [0.25, 0.3) is 0 Å². The van der Waals surface area contributed by atoms with Gasteiger partial charge in [0.05, 0.1) is 6.17 Å².